The number of hydrogen-bond acceptors (Lipinski definition) is 3. The van der Waals surface area contributed by atoms with Crippen LogP contribution in [0.5, 0.6) is 0 Å². The second kappa shape index (κ2) is 5.15. The molecular weight excluding hydrogens is 248 g/mol. The maximum Gasteiger partial charge on any atom is 0.0879 e. The third-order valence-corrected chi connectivity index (χ3v) is 4.87. The van der Waals surface area contributed by atoms with Crippen LogP contribution in [-0.4, -0.2) is 16.6 Å². The van der Waals surface area contributed by atoms with Gasteiger partial charge in [-0.05, 0) is 24.1 Å². The fourth-order valence-electron chi connectivity index (χ4n) is 3.66. The fourth-order valence-corrected chi connectivity index (χ4v) is 3.66. The van der Waals surface area contributed by atoms with E-state index in [0.717, 1.165) is 35.6 Å². The first-order valence-electron chi connectivity index (χ1n) is 7.37. The molecule has 1 aromatic heterocycles. The molecule has 3 nitrogen and oxygen atoms in total. The van der Waals surface area contributed by atoms with Crippen molar-refractivity contribution in [1.82, 2.24) is 4.98 Å². The highest BCUT2D eigenvalue weighted by Crippen LogP contribution is 2.50. The zero-order chi connectivity index (χ0) is 14.2. The molecule has 0 radical (unpaired) electrons. The molecule has 3 rings (SSSR count). The van der Waals surface area contributed by atoms with Gasteiger partial charge in [-0.2, -0.15) is 0 Å². The maximum atomic E-state index is 11.0. The van der Waals surface area contributed by atoms with Gasteiger partial charge in [-0.1, -0.05) is 37.6 Å². The molecule has 3 atom stereocenters. The highest BCUT2D eigenvalue weighted by atomic mass is 16.3. The van der Waals surface area contributed by atoms with Crippen molar-refractivity contribution < 1.29 is 5.11 Å². The molecule has 2 aromatic rings. The van der Waals surface area contributed by atoms with Gasteiger partial charge >= 0.3 is 0 Å². The number of hydrogen-bond donors (Lipinski definition) is 2. The van der Waals surface area contributed by atoms with E-state index in [2.05, 4.69) is 18.0 Å². The van der Waals surface area contributed by atoms with Crippen molar-refractivity contribution in [2.75, 3.05) is 6.54 Å². The van der Waals surface area contributed by atoms with Crippen molar-refractivity contribution in [3.05, 3.63) is 42.2 Å². The van der Waals surface area contributed by atoms with Crippen LogP contribution in [0.4, 0.5) is 0 Å². The third kappa shape index (κ3) is 2.11. The Morgan fingerprint density at radius 1 is 1.40 bits per heavy atom. The number of rotatable bonds is 3. The normalized spacial score (nSPS) is 27.9. The van der Waals surface area contributed by atoms with E-state index in [4.69, 9.17) is 5.73 Å². The molecule has 1 aliphatic carbocycles. The molecule has 3 unspecified atom stereocenters. The van der Waals surface area contributed by atoms with E-state index in [-0.39, 0.29) is 5.41 Å². The molecule has 0 bridgehead atoms. The number of benzene rings is 1. The summed E-state index contributed by atoms with van der Waals surface area (Å²) in [6, 6.07) is 8.09. The molecule has 106 valence electrons. The van der Waals surface area contributed by atoms with Crippen LogP contribution in [0.2, 0.25) is 0 Å². The minimum Gasteiger partial charge on any atom is -0.388 e. The predicted molar refractivity (Wildman–Crippen MR) is 81.2 cm³/mol. The monoisotopic (exact) mass is 270 g/mol. The van der Waals surface area contributed by atoms with Crippen molar-refractivity contribution in [1.29, 1.82) is 0 Å². The molecule has 1 aromatic carbocycles. The van der Waals surface area contributed by atoms with Crippen LogP contribution in [0.1, 0.15) is 37.9 Å². The van der Waals surface area contributed by atoms with E-state index in [1.54, 1.807) is 6.20 Å². The van der Waals surface area contributed by atoms with Gasteiger partial charge in [0.15, 0.2) is 0 Å². The molecule has 0 amide bonds. The molecule has 3 N–H and O–H groups in total. The van der Waals surface area contributed by atoms with Crippen LogP contribution < -0.4 is 5.73 Å². The maximum absolute atomic E-state index is 11.0. The lowest BCUT2D eigenvalue weighted by Gasteiger charge is -2.34. The summed E-state index contributed by atoms with van der Waals surface area (Å²) in [5.74, 6) is 0.635. The van der Waals surface area contributed by atoms with Gasteiger partial charge in [-0.25, -0.2) is 0 Å². The highest BCUT2D eigenvalue weighted by Gasteiger charge is 2.43. The lowest BCUT2D eigenvalue weighted by molar-refractivity contribution is 0.0317. The van der Waals surface area contributed by atoms with E-state index in [9.17, 15) is 5.11 Å². The van der Waals surface area contributed by atoms with Crippen molar-refractivity contribution in [3.63, 3.8) is 0 Å². The van der Waals surface area contributed by atoms with Crippen molar-refractivity contribution in [3.8, 4) is 0 Å². The summed E-state index contributed by atoms with van der Waals surface area (Å²) in [5, 5.41) is 13.1. The van der Waals surface area contributed by atoms with Gasteiger partial charge in [-0.3, -0.25) is 4.98 Å². The summed E-state index contributed by atoms with van der Waals surface area (Å²) in [4.78, 5) is 4.29. The fraction of sp³-hybridized carbons (Fsp3) is 0.471. The summed E-state index contributed by atoms with van der Waals surface area (Å²) >= 11 is 0. The molecule has 20 heavy (non-hydrogen) atoms. The SMILES string of the molecule is CC1CCC(CN)(C(O)c2cncc3ccccc23)C1. The van der Waals surface area contributed by atoms with Crippen LogP contribution >= 0.6 is 0 Å². The van der Waals surface area contributed by atoms with Crippen molar-refractivity contribution in [2.45, 2.75) is 32.3 Å². The molecule has 3 heteroatoms. The standard InChI is InChI=1S/C17H22N2O/c1-12-6-7-17(8-12,11-18)16(20)15-10-19-9-13-4-2-3-5-14(13)15/h2-5,9-10,12,16,20H,6-8,11,18H2,1H3. The Morgan fingerprint density at radius 2 is 2.20 bits per heavy atom. The summed E-state index contributed by atoms with van der Waals surface area (Å²) in [7, 11) is 0. The summed E-state index contributed by atoms with van der Waals surface area (Å²) in [6.07, 6.45) is 6.25. The molecule has 1 saturated carbocycles. The second-order valence-corrected chi connectivity index (χ2v) is 6.27. The first-order valence-corrected chi connectivity index (χ1v) is 7.37. The third-order valence-electron chi connectivity index (χ3n) is 4.87. The first kappa shape index (κ1) is 13.5. The van der Waals surface area contributed by atoms with E-state index < -0.39 is 6.10 Å². The van der Waals surface area contributed by atoms with Crippen LogP contribution in [0.25, 0.3) is 10.8 Å². The Kier molecular flexibility index (Phi) is 3.48. The van der Waals surface area contributed by atoms with E-state index >= 15 is 0 Å². The molecule has 0 aliphatic heterocycles. The second-order valence-electron chi connectivity index (χ2n) is 6.27. The minimum atomic E-state index is -0.531. The number of nitrogens with two attached hydrogens (primary N) is 1. The average molecular weight is 270 g/mol. The quantitative estimate of drug-likeness (QED) is 0.901. The number of fused-ring (bicyclic) bond motifs is 1. The van der Waals surface area contributed by atoms with Crippen LogP contribution in [-0.2, 0) is 0 Å². The van der Waals surface area contributed by atoms with Crippen LogP contribution in [0.3, 0.4) is 0 Å². The molecular formula is C17H22N2O. The summed E-state index contributed by atoms with van der Waals surface area (Å²) in [6.45, 7) is 2.77. The smallest absolute Gasteiger partial charge is 0.0879 e. The van der Waals surface area contributed by atoms with Gasteiger partial charge in [0.1, 0.15) is 0 Å². The molecule has 1 heterocycles. The Bertz CT molecular complexity index is 607. The van der Waals surface area contributed by atoms with Gasteiger partial charge in [0.25, 0.3) is 0 Å². The number of aliphatic hydroxyl groups is 1. The topological polar surface area (TPSA) is 59.1 Å². The molecule has 1 aliphatic rings. The van der Waals surface area contributed by atoms with Gasteiger partial charge < -0.3 is 10.8 Å². The zero-order valence-electron chi connectivity index (χ0n) is 11.9. The van der Waals surface area contributed by atoms with E-state index in [1.807, 2.05) is 24.4 Å². The summed E-state index contributed by atoms with van der Waals surface area (Å²) < 4.78 is 0. The van der Waals surface area contributed by atoms with Crippen molar-refractivity contribution >= 4 is 10.8 Å². The first-order chi connectivity index (χ1) is 9.66. The Labute approximate surface area is 119 Å². The largest absolute Gasteiger partial charge is 0.388 e. The lowest BCUT2D eigenvalue weighted by atomic mass is 9.76. The number of nitrogens with zero attached hydrogens (tertiary/aromatic N) is 1. The number of pyridine rings is 1. The Morgan fingerprint density at radius 3 is 2.90 bits per heavy atom. The number of aliphatic hydroxyl groups excluding tert-OH is 1. The number of aromatic nitrogens is 1. The van der Waals surface area contributed by atoms with Gasteiger partial charge in [0.2, 0.25) is 0 Å². The highest BCUT2D eigenvalue weighted by molar-refractivity contribution is 5.85. The lowest BCUT2D eigenvalue weighted by Crippen LogP contribution is -2.34. The van der Waals surface area contributed by atoms with Gasteiger partial charge in [-0.15, -0.1) is 0 Å². The average Bonchev–Trinajstić information content (AvgIpc) is 2.88. The Hall–Kier alpha value is -1.45. The van der Waals surface area contributed by atoms with Gasteiger partial charge in [0, 0.05) is 35.3 Å². The van der Waals surface area contributed by atoms with Crippen LogP contribution in [0.15, 0.2) is 36.7 Å². The van der Waals surface area contributed by atoms with Gasteiger partial charge in [0.05, 0.1) is 6.10 Å². The predicted octanol–water partition coefficient (Wildman–Crippen LogP) is 3.03. The van der Waals surface area contributed by atoms with E-state index in [0.29, 0.717) is 12.5 Å². The zero-order valence-corrected chi connectivity index (χ0v) is 11.9. The van der Waals surface area contributed by atoms with E-state index in [1.165, 1.54) is 0 Å². The molecule has 1 fully saturated rings. The van der Waals surface area contributed by atoms with Crippen LogP contribution in [0, 0.1) is 11.3 Å². The molecule has 0 saturated heterocycles. The van der Waals surface area contributed by atoms with Crippen molar-refractivity contribution in [2.24, 2.45) is 17.1 Å². The summed E-state index contributed by atoms with van der Waals surface area (Å²) in [5.41, 5.74) is 6.76. The molecule has 0 spiro atoms. The minimum absolute atomic E-state index is 0.189. The Balaban J connectivity index is 2.06.